The van der Waals surface area contributed by atoms with Crippen LogP contribution < -0.4 is 5.32 Å². The molecular weight excluding hydrogens is 232 g/mol. The first-order valence-electron chi connectivity index (χ1n) is 3.88. The van der Waals surface area contributed by atoms with Gasteiger partial charge in [0.05, 0.1) is 0 Å². The quantitative estimate of drug-likeness (QED) is 0.685. The van der Waals surface area contributed by atoms with Crippen molar-refractivity contribution in [3.63, 3.8) is 0 Å². The molecule has 0 aliphatic carbocycles. The fourth-order valence-corrected chi connectivity index (χ4v) is 1.57. The van der Waals surface area contributed by atoms with Crippen LogP contribution in [-0.4, -0.2) is 28.1 Å². The first-order chi connectivity index (χ1) is 5.35. The molecule has 1 rings (SSSR count). The fraction of sp³-hybridized carbons (Fsp3) is 1.00. The van der Waals surface area contributed by atoms with Crippen molar-refractivity contribution in [2.45, 2.75) is 36.2 Å². The maximum atomic E-state index is 12.7. The third kappa shape index (κ3) is 1.95. The summed E-state index contributed by atoms with van der Waals surface area (Å²) in [4.78, 5) is -3.20. The van der Waals surface area contributed by atoms with E-state index in [0.29, 0.717) is 6.42 Å². The first kappa shape index (κ1) is 10.3. The number of halogens is 3. The van der Waals surface area contributed by atoms with E-state index in [-0.39, 0.29) is 19.0 Å². The number of hydrogen-bond acceptors (Lipinski definition) is 2. The Bertz CT molecular complexity index is 163. The van der Waals surface area contributed by atoms with Crippen molar-refractivity contribution in [2.75, 3.05) is 6.54 Å². The van der Waals surface area contributed by atoms with Gasteiger partial charge in [-0.15, -0.1) is 0 Å². The molecule has 0 aromatic heterocycles. The molecule has 0 aromatic carbocycles. The first-order valence-corrected chi connectivity index (χ1v) is 4.67. The highest BCUT2D eigenvalue weighted by atomic mass is 79.9. The molecule has 2 unspecified atom stereocenters. The second-order valence-electron chi connectivity index (χ2n) is 3.35. The smallest absolute Gasteiger partial charge is 0.330 e. The van der Waals surface area contributed by atoms with Crippen LogP contribution in [0.2, 0.25) is 0 Å². The highest BCUT2D eigenvalue weighted by molar-refractivity contribution is 9.10. The highest BCUT2D eigenvalue weighted by Gasteiger charge is 2.51. The van der Waals surface area contributed by atoms with E-state index in [4.69, 9.17) is 0 Å². The van der Waals surface area contributed by atoms with Gasteiger partial charge >= 0.3 is 4.83 Å². The minimum Gasteiger partial charge on any atom is -0.381 e. The van der Waals surface area contributed by atoms with Gasteiger partial charge in [0, 0.05) is 12.6 Å². The van der Waals surface area contributed by atoms with Crippen molar-refractivity contribution in [3.05, 3.63) is 0 Å². The topological polar surface area (TPSA) is 32.3 Å². The summed E-state index contributed by atoms with van der Waals surface area (Å²) in [5.41, 5.74) is -1.93. The van der Waals surface area contributed by atoms with E-state index >= 15 is 0 Å². The van der Waals surface area contributed by atoms with Crippen LogP contribution in [0.5, 0.6) is 0 Å². The number of β-amino-alcohol motifs (C(OH)–C–C–N with tert-alkyl or cyclic N) is 1. The van der Waals surface area contributed by atoms with Crippen LogP contribution in [0.15, 0.2) is 0 Å². The van der Waals surface area contributed by atoms with Crippen LogP contribution in [0.1, 0.15) is 19.8 Å². The van der Waals surface area contributed by atoms with Crippen molar-refractivity contribution < 1.29 is 13.9 Å². The highest BCUT2D eigenvalue weighted by Crippen LogP contribution is 2.39. The molecule has 1 aliphatic rings. The maximum Gasteiger partial charge on any atom is 0.330 e. The molecule has 0 aromatic rings. The fourth-order valence-electron chi connectivity index (χ4n) is 1.23. The minimum absolute atomic E-state index is 0.0631. The normalized spacial score (nSPS) is 38.2. The molecule has 0 spiro atoms. The van der Waals surface area contributed by atoms with Gasteiger partial charge in [-0.05, 0) is 35.7 Å². The van der Waals surface area contributed by atoms with E-state index < -0.39 is 10.4 Å². The van der Waals surface area contributed by atoms with Gasteiger partial charge < -0.3 is 10.4 Å². The summed E-state index contributed by atoms with van der Waals surface area (Å²) >= 11 is 2.19. The Morgan fingerprint density at radius 2 is 2.25 bits per heavy atom. The van der Waals surface area contributed by atoms with Crippen LogP contribution in [0.4, 0.5) is 8.78 Å². The van der Waals surface area contributed by atoms with Gasteiger partial charge in [0.15, 0.2) is 5.60 Å². The molecule has 0 amide bonds. The van der Waals surface area contributed by atoms with E-state index in [1.54, 1.807) is 0 Å². The van der Waals surface area contributed by atoms with Crippen LogP contribution in [0, 0.1) is 0 Å². The van der Waals surface area contributed by atoms with E-state index in [0.717, 1.165) is 0 Å². The summed E-state index contributed by atoms with van der Waals surface area (Å²) in [6.45, 7) is 1.85. The van der Waals surface area contributed by atoms with Gasteiger partial charge in [0.1, 0.15) is 0 Å². The lowest BCUT2D eigenvalue weighted by Gasteiger charge is -2.38. The number of hydrogen-bond donors (Lipinski definition) is 2. The average Bonchev–Trinajstić information content (AvgIpc) is 1.93. The molecule has 72 valence electrons. The molecule has 1 saturated heterocycles. The molecule has 1 heterocycles. The van der Waals surface area contributed by atoms with Crippen molar-refractivity contribution >= 4 is 15.9 Å². The number of aliphatic hydroxyl groups is 1. The van der Waals surface area contributed by atoms with Crippen LogP contribution >= 0.6 is 15.9 Å². The van der Waals surface area contributed by atoms with Gasteiger partial charge in [-0.25, -0.2) is 0 Å². The molecule has 12 heavy (non-hydrogen) atoms. The SMILES string of the molecule is CC1CCC(O)(C(F)(F)Br)CN1. The zero-order valence-corrected chi connectivity index (χ0v) is 8.37. The second-order valence-corrected chi connectivity index (χ2v) is 4.35. The Labute approximate surface area is 78.5 Å². The zero-order valence-electron chi connectivity index (χ0n) is 6.78. The van der Waals surface area contributed by atoms with Gasteiger partial charge in [-0.3, -0.25) is 0 Å². The minimum atomic E-state index is -3.20. The molecule has 0 radical (unpaired) electrons. The monoisotopic (exact) mass is 243 g/mol. The molecule has 0 saturated carbocycles. The summed E-state index contributed by atoms with van der Waals surface area (Å²) in [5.74, 6) is 0. The van der Waals surface area contributed by atoms with Crippen LogP contribution in [0.3, 0.4) is 0 Å². The van der Waals surface area contributed by atoms with Crippen LogP contribution in [0.25, 0.3) is 0 Å². The van der Waals surface area contributed by atoms with Crippen molar-refractivity contribution in [3.8, 4) is 0 Å². The van der Waals surface area contributed by atoms with Crippen molar-refractivity contribution in [1.82, 2.24) is 5.32 Å². The number of piperidine rings is 1. The Morgan fingerprint density at radius 1 is 1.67 bits per heavy atom. The third-order valence-electron chi connectivity index (χ3n) is 2.26. The molecule has 2 N–H and O–H groups in total. The summed E-state index contributed by atoms with van der Waals surface area (Å²) < 4.78 is 25.5. The molecular formula is C7H12BrF2NO. The molecule has 2 atom stereocenters. The molecule has 5 heteroatoms. The predicted molar refractivity (Wildman–Crippen MR) is 45.5 cm³/mol. The summed E-state index contributed by atoms with van der Waals surface area (Å²) in [6, 6.07) is 0.208. The second kappa shape index (κ2) is 3.20. The van der Waals surface area contributed by atoms with E-state index in [1.165, 1.54) is 0 Å². The Hall–Kier alpha value is 0.260. The van der Waals surface area contributed by atoms with Gasteiger partial charge in [0.25, 0.3) is 0 Å². The standard InChI is InChI=1S/C7H12BrF2NO/c1-5-2-3-6(12,4-11-5)7(8,9)10/h5,11-12H,2-4H2,1H3. The largest absolute Gasteiger partial charge is 0.381 e. The lowest BCUT2D eigenvalue weighted by Crippen LogP contribution is -2.57. The molecule has 2 nitrogen and oxygen atoms in total. The third-order valence-corrected chi connectivity index (χ3v) is 3.00. The lowest BCUT2D eigenvalue weighted by atomic mass is 9.91. The van der Waals surface area contributed by atoms with Gasteiger partial charge in [-0.1, -0.05) is 0 Å². The molecule has 0 bridgehead atoms. The van der Waals surface area contributed by atoms with Gasteiger partial charge in [-0.2, -0.15) is 8.78 Å². The number of rotatable bonds is 1. The van der Waals surface area contributed by atoms with Crippen molar-refractivity contribution in [2.24, 2.45) is 0 Å². The summed E-state index contributed by atoms with van der Waals surface area (Å²) in [6.07, 6.45) is 0.692. The number of nitrogens with one attached hydrogen (secondary N) is 1. The molecule has 1 aliphatic heterocycles. The van der Waals surface area contributed by atoms with Gasteiger partial charge in [0.2, 0.25) is 0 Å². The van der Waals surface area contributed by atoms with Crippen LogP contribution in [-0.2, 0) is 0 Å². The zero-order chi connectivity index (χ0) is 9.41. The van der Waals surface area contributed by atoms with E-state index in [2.05, 4.69) is 21.2 Å². The molecule has 1 fully saturated rings. The summed E-state index contributed by atoms with van der Waals surface area (Å²) in [5, 5.41) is 12.3. The Kier molecular flexibility index (Phi) is 2.75. The Balaban J connectivity index is 2.62. The van der Waals surface area contributed by atoms with E-state index in [9.17, 15) is 13.9 Å². The predicted octanol–water partition coefficient (Wildman–Crippen LogP) is 1.48. The number of alkyl halides is 3. The summed E-state index contributed by atoms with van der Waals surface area (Å²) in [7, 11) is 0. The van der Waals surface area contributed by atoms with Crippen molar-refractivity contribution in [1.29, 1.82) is 0 Å². The lowest BCUT2D eigenvalue weighted by molar-refractivity contribution is -0.129. The average molecular weight is 244 g/mol. The Morgan fingerprint density at radius 3 is 2.58 bits per heavy atom. The maximum absolute atomic E-state index is 12.7. The van der Waals surface area contributed by atoms with E-state index in [1.807, 2.05) is 6.92 Å².